The second kappa shape index (κ2) is 11.0. The fraction of sp³-hybridized carbons (Fsp3) is 0. The van der Waals surface area contributed by atoms with Gasteiger partial charge in [0.15, 0.2) is 5.78 Å². The van der Waals surface area contributed by atoms with E-state index in [-0.39, 0.29) is 25.9 Å². The van der Waals surface area contributed by atoms with Crippen molar-refractivity contribution < 1.29 is 24.9 Å². The Morgan fingerprint density at radius 3 is 2.42 bits per heavy atom. The number of hydrogen-bond acceptors (Lipinski definition) is 2. The number of ketones is 1. The van der Waals surface area contributed by atoms with Crippen LogP contribution in [0.4, 0.5) is 0 Å². The van der Waals surface area contributed by atoms with Crippen molar-refractivity contribution in [2.75, 3.05) is 0 Å². The van der Waals surface area contributed by atoms with Crippen LogP contribution in [0.2, 0.25) is 0 Å². The van der Waals surface area contributed by atoms with E-state index < -0.39 is 0 Å². The number of halogens is 1. The van der Waals surface area contributed by atoms with E-state index in [9.17, 15) is 4.79 Å². The first-order valence-corrected chi connectivity index (χ1v) is 10.2. The average Bonchev–Trinajstić information content (AvgIpc) is 3.34. The molecule has 3 nitrogen and oxygen atoms in total. The second-order valence-corrected chi connectivity index (χ2v) is 7.43. The molecular weight excluding hydrogens is 628 g/mol. The molecule has 0 fully saturated rings. The maximum absolute atomic E-state index is 11.6. The van der Waals surface area contributed by atoms with E-state index >= 15 is 0 Å². The summed E-state index contributed by atoms with van der Waals surface area (Å²) in [4.78, 5) is 20.1. The van der Waals surface area contributed by atoms with Crippen molar-refractivity contribution in [2.24, 2.45) is 0 Å². The summed E-state index contributed by atoms with van der Waals surface area (Å²) in [5.74, 6) is -0.0226. The molecule has 0 spiro atoms. The Morgan fingerprint density at radius 1 is 0.903 bits per heavy atom. The van der Waals surface area contributed by atoms with Crippen LogP contribution in [0.15, 0.2) is 108 Å². The van der Waals surface area contributed by atoms with E-state index in [4.69, 9.17) is 0 Å². The minimum atomic E-state index is -0.0226. The van der Waals surface area contributed by atoms with Crippen molar-refractivity contribution in [3.8, 4) is 11.3 Å². The molecule has 0 aliphatic carbocycles. The summed E-state index contributed by atoms with van der Waals surface area (Å²) >= 11 is 3.48. The largest absolute Gasteiger partial charge is 0.661 e. The quantitative estimate of drug-likeness (QED) is 0.170. The summed E-state index contributed by atoms with van der Waals surface area (Å²) in [5.41, 5.74) is 3.17. The molecule has 3 aromatic carbocycles. The van der Waals surface area contributed by atoms with Crippen molar-refractivity contribution in [2.45, 2.75) is 0 Å². The number of hydrogen-bond donors (Lipinski definition) is 0. The van der Waals surface area contributed by atoms with Crippen LogP contribution < -0.4 is 4.98 Å². The third kappa shape index (κ3) is 5.65. The van der Waals surface area contributed by atoms with E-state index in [0.717, 1.165) is 21.1 Å². The number of aromatic nitrogens is 2. The van der Waals surface area contributed by atoms with Gasteiger partial charge in [0.05, 0.1) is 0 Å². The van der Waals surface area contributed by atoms with Gasteiger partial charge in [0.2, 0.25) is 0 Å². The maximum Gasteiger partial charge on any atom is 0.171 e. The van der Waals surface area contributed by atoms with Crippen molar-refractivity contribution in [3.05, 3.63) is 125 Å². The van der Waals surface area contributed by atoms with Crippen LogP contribution in [0.5, 0.6) is 0 Å². The smallest absolute Gasteiger partial charge is 0.171 e. The molecule has 155 valence electrons. The zero-order chi connectivity index (χ0) is 20.8. The van der Waals surface area contributed by atoms with Crippen LogP contribution in [-0.4, -0.2) is 10.8 Å². The van der Waals surface area contributed by atoms with Crippen molar-refractivity contribution in [3.63, 3.8) is 0 Å². The molecule has 0 bridgehead atoms. The molecule has 0 saturated carbocycles. The Morgan fingerprint density at radius 2 is 1.68 bits per heavy atom. The standard InChI is InChI=1S/C15H9BrN.C11H9NO.Ir/c16-13-6-3-5-12(10-13)15-14-7-2-1-4-11(14)8-9-17-15;13-11(10-7-4-8-12-10)9-5-2-1-3-6-9;/h1-4,6-10H;1-8H,(H,12,13);/q-1;;/p-1. The summed E-state index contributed by atoms with van der Waals surface area (Å²) < 4.78 is 1.04. The van der Waals surface area contributed by atoms with Gasteiger partial charge >= 0.3 is 0 Å². The third-order valence-corrected chi connectivity index (χ3v) is 5.01. The van der Waals surface area contributed by atoms with Gasteiger partial charge in [0, 0.05) is 31.9 Å². The van der Waals surface area contributed by atoms with Crippen LogP contribution in [0.3, 0.4) is 0 Å². The van der Waals surface area contributed by atoms with Gasteiger partial charge in [-0.3, -0.25) is 4.79 Å². The number of fused-ring (bicyclic) bond motifs is 1. The Kier molecular flexibility index (Phi) is 8.07. The minimum Gasteiger partial charge on any atom is -0.661 e. The van der Waals surface area contributed by atoms with Gasteiger partial charge in [-0.2, -0.15) is 6.20 Å². The summed E-state index contributed by atoms with van der Waals surface area (Å²) in [6, 6.07) is 32.0. The van der Waals surface area contributed by atoms with Crippen molar-refractivity contribution >= 4 is 32.5 Å². The predicted octanol–water partition coefficient (Wildman–Crippen LogP) is 6.34. The molecule has 0 N–H and O–H groups in total. The molecule has 5 heteroatoms. The fourth-order valence-corrected chi connectivity index (χ4v) is 3.44. The maximum atomic E-state index is 11.6. The van der Waals surface area contributed by atoms with Crippen LogP contribution in [0, 0.1) is 6.07 Å². The molecule has 0 amide bonds. The number of nitrogens with zero attached hydrogens (tertiary/aromatic N) is 2. The predicted molar refractivity (Wildman–Crippen MR) is 123 cm³/mol. The SMILES string of the molecule is Brc1cc[c-]c(-c2nccc3ccccc23)c1.O=C(c1ccccc1)c1ccc[n-]1.[Ir]. The number of carbonyl (C=O) groups excluding carboxylic acids is 1. The van der Waals surface area contributed by atoms with Crippen molar-refractivity contribution in [1.82, 2.24) is 9.97 Å². The summed E-state index contributed by atoms with van der Waals surface area (Å²) in [6.07, 6.45) is 3.46. The zero-order valence-electron chi connectivity index (χ0n) is 16.3. The van der Waals surface area contributed by atoms with Crippen molar-refractivity contribution in [1.29, 1.82) is 0 Å². The molecule has 0 aliphatic heterocycles. The van der Waals surface area contributed by atoms with E-state index in [1.807, 2.05) is 60.8 Å². The van der Waals surface area contributed by atoms with E-state index in [1.165, 1.54) is 5.39 Å². The average molecular weight is 646 g/mol. The second-order valence-electron chi connectivity index (χ2n) is 6.52. The first kappa shape index (κ1) is 22.8. The molecule has 2 aromatic heterocycles. The van der Waals surface area contributed by atoms with E-state index in [2.05, 4.69) is 44.1 Å². The number of rotatable bonds is 3. The molecule has 0 aliphatic rings. The molecule has 0 unspecified atom stereocenters. The van der Waals surface area contributed by atoms with Crippen LogP contribution in [0.25, 0.3) is 22.0 Å². The van der Waals surface area contributed by atoms with E-state index in [1.54, 1.807) is 30.5 Å². The van der Waals surface area contributed by atoms with Gasteiger partial charge in [-0.05, 0) is 22.5 Å². The molecule has 1 radical (unpaired) electrons. The molecule has 0 saturated heterocycles. The van der Waals surface area contributed by atoms with Crippen LogP contribution in [-0.2, 0) is 20.1 Å². The zero-order valence-corrected chi connectivity index (χ0v) is 20.3. The minimum absolute atomic E-state index is 0. The molecule has 0 atom stereocenters. The molecule has 5 aromatic rings. The fourth-order valence-electron chi connectivity index (χ4n) is 3.08. The van der Waals surface area contributed by atoms with Crippen LogP contribution >= 0.6 is 15.9 Å². The summed E-state index contributed by atoms with van der Waals surface area (Å²) in [6.45, 7) is 0. The van der Waals surface area contributed by atoms with Gasteiger partial charge in [-0.1, -0.05) is 92.8 Å². The Hall–Kier alpha value is -2.85. The summed E-state index contributed by atoms with van der Waals surface area (Å²) in [5, 5.41) is 2.36. The molecule has 5 rings (SSSR count). The number of carbonyl (C=O) groups is 1. The third-order valence-electron chi connectivity index (χ3n) is 4.51. The Labute approximate surface area is 203 Å². The monoisotopic (exact) mass is 645 g/mol. The number of benzene rings is 3. The molecular formula is C26H17BrIrN2O-2. The Balaban J connectivity index is 0.000000176. The van der Waals surface area contributed by atoms with Gasteiger partial charge in [0.25, 0.3) is 0 Å². The normalized spacial score (nSPS) is 9.97. The van der Waals surface area contributed by atoms with E-state index in [0.29, 0.717) is 11.3 Å². The summed E-state index contributed by atoms with van der Waals surface area (Å²) in [7, 11) is 0. The molecule has 2 heterocycles. The first-order valence-electron chi connectivity index (χ1n) is 9.41. The van der Waals surface area contributed by atoms with Gasteiger partial charge in [-0.15, -0.1) is 29.8 Å². The first-order chi connectivity index (χ1) is 14.7. The Bertz CT molecular complexity index is 1270. The van der Waals surface area contributed by atoms with Crippen LogP contribution in [0.1, 0.15) is 16.1 Å². The van der Waals surface area contributed by atoms with Gasteiger partial charge < -0.3 is 9.97 Å². The number of pyridine rings is 1. The topological polar surface area (TPSA) is 44.1 Å². The molecule has 31 heavy (non-hydrogen) atoms. The van der Waals surface area contributed by atoms with Gasteiger partial charge in [0.1, 0.15) is 0 Å². The van der Waals surface area contributed by atoms with Gasteiger partial charge in [-0.25, -0.2) is 0 Å².